The summed E-state index contributed by atoms with van der Waals surface area (Å²) >= 11 is 0. The summed E-state index contributed by atoms with van der Waals surface area (Å²) in [6, 6.07) is 0. The summed E-state index contributed by atoms with van der Waals surface area (Å²) in [6.45, 7) is 2.26. The number of carboxylic acid groups (broad SMARTS) is 1. The number of carbonyl (C=O) groups is 2. The number of likely N-dealkylation sites (N-methyl/N-ethyl adjacent to an activating group) is 2. The van der Waals surface area contributed by atoms with E-state index in [-0.39, 0.29) is 12.5 Å². The van der Waals surface area contributed by atoms with Crippen LogP contribution in [-0.2, 0) is 9.59 Å². The molecule has 0 aliphatic heterocycles. The van der Waals surface area contributed by atoms with Gasteiger partial charge < -0.3 is 10.0 Å². The molecule has 5 nitrogen and oxygen atoms in total. The van der Waals surface area contributed by atoms with Crippen LogP contribution in [0.3, 0.4) is 0 Å². The normalized spacial score (nSPS) is 12.6. The van der Waals surface area contributed by atoms with Crippen LogP contribution in [0, 0.1) is 5.92 Å². The van der Waals surface area contributed by atoms with Crippen molar-refractivity contribution in [3.63, 3.8) is 0 Å². The molecule has 5 heteroatoms. The fourth-order valence-electron chi connectivity index (χ4n) is 0.982. The maximum atomic E-state index is 11.2. The van der Waals surface area contributed by atoms with Crippen LogP contribution in [-0.4, -0.2) is 61.0 Å². The van der Waals surface area contributed by atoms with E-state index in [1.165, 1.54) is 4.90 Å². The Bertz CT molecular complexity index is 216. The zero-order valence-electron chi connectivity index (χ0n) is 9.15. The van der Waals surface area contributed by atoms with Gasteiger partial charge in [0, 0.05) is 20.6 Å². The van der Waals surface area contributed by atoms with Gasteiger partial charge in [0.15, 0.2) is 0 Å². The van der Waals surface area contributed by atoms with Crippen LogP contribution in [0.2, 0.25) is 0 Å². The van der Waals surface area contributed by atoms with Crippen LogP contribution in [0.1, 0.15) is 6.92 Å². The van der Waals surface area contributed by atoms with Crippen LogP contribution in [0.5, 0.6) is 0 Å². The van der Waals surface area contributed by atoms with Crippen molar-refractivity contribution < 1.29 is 14.7 Å². The van der Waals surface area contributed by atoms with Crippen molar-refractivity contribution in [1.29, 1.82) is 0 Å². The number of carboxylic acids is 1. The van der Waals surface area contributed by atoms with E-state index >= 15 is 0 Å². The molecule has 14 heavy (non-hydrogen) atoms. The van der Waals surface area contributed by atoms with Gasteiger partial charge in [-0.15, -0.1) is 0 Å². The fraction of sp³-hybridized carbons (Fsp3) is 0.778. The summed E-state index contributed by atoms with van der Waals surface area (Å²) in [5.41, 5.74) is 0. The van der Waals surface area contributed by atoms with Gasteiger partial charge in [-0.1, -0.05) is 6.92 Å². The number of hydrogen-bond donors (Lipinski definition) is 1. The number of aliphatic carboxylic acids is 1. The molecule has 0 aromatic rings. The topological polar surface area (TPSA) is 60.9 Å². The zero-order valence-corrected chi connectivity index (χ0v) is 9.15. The molecule has 0 aliphatic rings. The fourth-order valence-corrected chi connectivity index (χ4v) is 0.982. The lowest BCUT2D eigenvalue weighted by Gasteiger charge is -2.20. The van der Waals surface area contributed by atoms with Gasteiger partial charge in [-0.3, -0.25) is 14.5 Å². The molecule has 82 valence electrons. The molecule has 0 aliphatic carbocycles. The van der Waals surface area contributed by atoms with E-state index in [1.807, 2.05) is 0 Å². The second kappa shape index (κ2) is 5.59. The van der Waals surface area contributed by atoms with Gasteiger partial charge in [0.25, 0.3) is 0 Å². The van der Waals surface area contributed by atoms with Gasteiger partial charge >= 0.3 is 5.97 Å². The molecule has 0 aromatic heterocycles. The molecule has 0 rings (SSSR count). The SMILES string of the molecule is CC(CN(C)CC(=O)N(C)C)C(=O)O. The predicted molar refractivity (Wildman–Crippen MR) is 53.0 cm³/mol. The lowest BCUT2D eigenvalue weighted by atomic mass is 10.2. The Balaban J connectivity index is 3.92. The van der Waals surface area contributed by atoms with E-state index in [0.29, 0.717) is 6.54 Å². The molecule has 0 heterocycles. The van der Waals surface area contributed by atoms with Gasteiger partial charge in [0.05, 0.1) is 12.5 Å². The molecule has 0 saturated carbocycles. The highest BCUT2D eigenvalue weighted by atomic mass is 16.4. The summed E-state index contributed by atoms with van der Waals surface area (Å²) in [5, 5.41) is 8.65. The highest BCUT2D eigenvalue weighted by Gasteiger charge is 2.15. The van der Waals surface area contributed by atoms with Crippen molar-refractivity contribution in [2.75, 3.05) is 34.2 Å². The van der Waals surface area contributed by atoms with Crippen molar-refractivity contribution >= 4 is 11.9 Å². The summed E-state index contributed by atoms with van der Waals surface area (Å²) in [5.74, 6) is -1.31. The summed E-state index contributed by atoms with van der Waals surface area (Å²) < 4.78 is 0. The van der Waals surface area contributed by atoms with Crippen molar-refractivity contribution in [2.24, 2.45) is 5.92 Å². The molecule has 0 bridgehead atoms. The minimum absolute atomic E-state index is 0.0231. The van der Waals surface area contributed by atoms with Crippen LogP contribution in [0.25, 0.3) is 0 Å². The third-order valence-corrected chi connectivity index (χ3v) is 1.91. The number of nitrogens with zero attached hydrogens (tertiary/aromatic N) is 2. The van der Waals surface area contributed by atoms with E-state index in [4.69, 9.17) is 5.11 Å². The minimum atomic E-state index is -0.839. The predicted octanol–water partition coefficient (Wildman–Crippen LogP) is -0.273. The first-order valence-corrected chi connectivity index (χ1v) is 4.46. The average molecular weight is 202 g/mol. The molecule has 0 fully saturated rings. The molecule has 0 spiro atoms. The van der Waals surface area contributed by atoms with Crippen LogP contribution < -0.4 is 0 Å². The Morgan fingerprint density at radius 3 is 2.14 bits per heavy atom. The zero-order chi connectivity index (χ0) is 11.3. The first-order chi connectivity index (χ1) is 6.34. The molecule has 0 aromatic carbocycles. The first kappa shape index (κ1) is 12.9. The maximum absolute atomic E-state index is 11.2. The summed E-state index contributed by atoms with van der Waals surface area (Å²) in [6.07, 6.45) is 0. The molecular weight excluding hydrogens is 184 g/mol. The highest BCUT2D eigenvalue weighted by molar-refractivity contribution is 5.77. The molecule has 1 atom stereocenters. The number of rotatable bonds is 5. The second-order valence-electron chi connectivity index (χ2n) is 3.72. The Labute approximate surface area is 84.3 Å². The van der Waals surface area contributed by atoms with E-state index in [2.05, 4.69) is 0 Å². The Morgan fingerprint density at radius 1 is 1.29 bits per heavy atom. The molecule has 0 radical (unpaired) electrons. The van der Waals surface area contributed by atoms with E-state index in [0.717, 1.165) is 0 Å². The molecule has 1 N–H and O–H groups in total. The molecule has 1 amide bonds. The van der Waals surface area contributed by atoms with Crippen molar-refractivity contribution in [3.8, 4) is 0 Å². The average Bonchev–Trinajstić information content (AvgIpc) is 2.03. The lowest BCUT2D eigenvalue weighted by molar-refractivity contribution is -0.142. The summed E-state index contributed by atoms with van der Waals surface area (Å²) in [4.78, 5) is 25.0. The van der Waals surface area contributed by atoms with Crippen LogP contribution >= 0.6 is 0 Å². The van der Waals surface area contributed by atoms with E-state index < -0.39 is 11.9 Å². The second-order valence-corrected chi connectivity index (χ2v) is 3.72. The standard InChI is InChI=1S/C9H18N2O3/c1-7(9(13)14)5-11(4)6-8(12)10(2)3/h7H,5-6H2,1-4H3,(H,13,14). The van der Waals surface area contributed by atoms with Crippen molar-refractivity contribution in [2.45, 2.75) is 6.92 Å². The van der Waals surface area contributed by atoms with Crippen molar-refractivity contribution in [3.05, 3.63) is 0 Å². The van der Waals surface area contributed by atoms with Crippen LogP contribution in [0.4, 0.5) is 0 Å². The highest BCUT2D eigenvalue weighted by Crippen LogP contribution is 1.98. The lowest BCUT2D eigenvalue weighted by Crippen LogP contribution is -2.37. The Hall–Kier alpha value is -1.10. The third kappa shape index (κ3) is 4.81. The molecular formula is C9H18N2O3. The van der Waals surface area contributed by atoms with Gasteiger partial charge in [-0.05, 0) is 7.05 Å². The minimum Gasteiger partial charge on any atom is -0.481 e. The quantitative estimate of drug-likeness (QED) is 0.666. The number of carbonyl (C=O) groups excluding carboxylic acids is 1. The van der Waals surface area contributed by atoms with E-state index in [1.54, 1.807) is 33.0 Å². The Morgan fingerprint density at radius 2 is 1.79 bits per heavy atom. The van der Waals surface area contributed by atoms with Gasteiger partial charge in [-0.2, -0.15) is 0 Å². The third-order valence-electron chi connectivity index (χ3n) is 1.91. The monoisotopic (exact) mass is 202 g/mol. The van der Waals surface area contributed by atoms with Gasteiger partial charge in [-0.25, -0.2) is 0 Å². The first-order valence-electron chi connectivity index (χ1n) is 4.46. The molecule has 1 unspecified atom stereocenters. The smallest absolute Gasteiger partial charge is 0.307 e. The Kier molecular flexibility index (Phi) is 5.15. The number of hydrogen-bond acceptors (Lipinski definition) is 3. The van der Waals surface area contributed by atoms with Gasteiger partial charge in [0.1, 0.15) is 0 Å². The summed E-state index contributed by atoms with van der Waals surface area (Å²) in [7, 11) is 5.09. The van der Waals surface area contributed by atoms with Crippen molar-refractivity contribution in [1.82, 2.24) is 9.80 Å². The van der Waals surface area contributed by atoms with Gasteiger partial charge in [0.2, 0.25) is 5.91 Å². The molecule has 0 saturated heterocycles. The van der Waals surface area contributed by atoms with Crippen LogP contribution in [0.15, 0.2) is 0 Å². The number of amides is 1. The van der Waals surface area contributed by atoms with E-state index in [9.17, 15) is 9.59 Å². The maximum Gasteiger partial charge on any atom is 0.307 e. The largest absolute Gasteiger partial charge is 0.481 e.